The van der Waals surface area contributed by atoms with Crippen LogP contribution < -0.4 is 5.43 Å². The van der Waals surface area contributed by atoms with E-state index < -0.39 is 31.1 Å². The van der Waals surface area contributed by atoms with Gasteiger partial charge in [-0.3, -0.25) is 9.99 Å². The Morgan fingerprint density at radius 3 is 2.77 bits per heavy atom. The lowest BCUT2D eigenvalue weighted by Crippen LogP contribution is -2.33. The highest BCUT2D eigenvalue weighted by atomic mass is 16.6. The smallest absolute Gasteiger partial charge is 0.177 e. The summed E-state index contributed by atoms with van der Waals surface area (Å²) in [4.78, 5) is 12.6. The molecule has 3 rings (SSSR count). The second kappa shape index (κ2) is 11.1. The van der Waals surface area contributed by atoms with Gasteiger partial charge in [0.25, 0.3) is 0 Å². The molecule has 3 heterocycles. The Morgan fingerprint density at radius 1 is 1.17 bits per heavy atom. The molecular formula is C20H30N6O4. The zero-order chi connectivity index (χ0) is 21.3. The summed E-state index contributed by atoms with van der Waals surface area (Å²) in [5, 5.41) is 33.6. The van der Waals surface area contributed by atoms with E-state index in [2.05, 4.69) is 38.5 Å². The van der Waals surface area contributed by atoms with Crippen molar-refractivity contribution in [1.29, 1.82) is 0 Å². The van der Waals surface area contributed by atoms with Crippen LogP contribution in [0.15, 0.2) is 29.9 Å². The summed E-state index contributed by atoms with van der Waals surface area (Å²) in [5.74, 6) is 0.412. The van der Waals surface area contributed by atoms with Crippen LogP contribution in [0.3, 0.4) is 0 Å². The number of hydrogen-bond donors (Lipinski definition) is 4. The summed E-state index contributed by atoms with van der Waals surface area (Å²) in [6, 6.07) is 0. The van der Waals surface area contributed by atoms with Crippen molar-refractivity contribution in [2.75, 3.05) is 12.0 Å². The number of unbranched alkanes of at least 4 members (excludes halogenated alkanes) is 5. The van der Waals surface area contributed by atoms with E-state index >= 15 is 0 Å². The Labute approximate surface area is 175 Å². The van der Waals surface area contributed by atoms with Gasteiger partial charge in [-0.1, -0.05) is 38.7 Å². The third kappa shape index (κ3) is 5.20. The maximum atomic E-state index is 10.2. The Morgan fingerprint density at radius 2 is 2.00 bits per heavy atom. The molecule has 1 aliphatic rings. The number of fused-ring (bicyclic) bond motifs is 1. The fourth-order valence-electron chi connectivity index (χ4n) is 3.39. The minimum Gasteiger partial charge on any atom is -0.394 e. The van der Waals surface area contributed by atoms with E-state index in [1.54, 1.807) is 6.21 Å². The van der Waals surface area contributed by atoms with Crippen molar-refractivity contribution in [3.05, 3.63) is 24.8 Å². The SMILES string of the molecule is CCCCCCC/C=C/C=N/Nc1ncnc2c1ncn2[C@@H]1O[C@H](CO)C(O)C1O. The van der Waals surface area contributed by atoms with E-state index in [0.29, 0.717) is 17.0 Å². The normalized spacial score (nSPS) is 24.5. The van der Waals surface area contributed by atoms with E-state index in [9.17, 15) is 15.3 Å². The van der Waals surface area contributed by atoms with Gasteiger partial charge in [-0.15, -0.1) is 0 Å². The average Bonchev–Trinajstić information content (AvgIpc) is 3.31. The van der Waals surface area contributed by atoms with Gasteiger partial charge in [-0.2, -0.15) is 5.10 Å². The Hall–Kier alpha value is -2.40. The average molecular weight is 418 g/mol. The van der Waals surface area contributed by atoms with E-state index in [4.69, 9.17) is 4.74 Å². The van der Waals surface area contributed by atoms with Crippen LogP contribution in [0.1, 0.15) is 51.7 Å². The first-order chi connectivity index (χ1) is 14.7. The number of nitrogens with zero attached hydrogens (tertiary/aromatic N) is 5. The third-order valence-corrected chi connectivity index (χ3v) is 5.09. The molecule has 0 amide bonds. The molecule has 0 aromatic carbocycles. The van der Waals surface area contributed by atoms with E-state index in [0.717, 1.165) is 6.42 Å². The van der Waals surface area contributed by atoms with Crippen molar-refractivity contribution in [2.45, 2.75) is 70.0 Å². The molecule has 0 radical (unpaired) electrons. The maximum absolute atomic E-state index is 10.2. The maximum Gasteiger partial charge on any atom is 0.177 e. The highest BCUT2D eigenvalue weighted by Gasteiger charge is 2.44. The van der Waals surface area contributed by atoms with E-state index in [1.807, 2.05) is 6.08 Å². The largest absolute Gasteiger partial charge is 0.394 e. The van der Waals surface area contributed by atoms with Crippen LogP contribution in [0.2, 0.25) is 0 Å². The number of allylic oxidation sites excluding steroid dienone is 2. The predicted octanol–water partition coefficient (Wildman–Crippen LogP) is 1.75. The molecule has 0 saturated carbocycles. The molecule has 0 bridgehead atoms. The van der Waals surface area contributed by atoms with Gasteiger partial charge < -0.3 is 20.1 Å². The second-order valence-corrected chi connectivity index (χ2v) is 7.30. The van der Waals surface area contributed by atoms with Gasteiger partial charge >= 0.3 is 0 Å². The van der Waals surface area contributed by atoms with Crippen LogP contribution in [-0.4, -0.2) is 66.0 Å². The summed E-state index contributed by atoms with van der Waals surface area (Å²) in [5.41, 5.74) is 3.72. The van der Waals surface area contributed by atoms with Crippen molar-refractivity contribution in [3.8, 4) is 0 Å². The number of ether oxygens (including phenoxy) is 1. The van der Waals surface area contributed by atoms with E-state index in [-0.39, 0.29) is 0 Å². The number of aromatic nitrogens is 4. The van der Waals surface area contributed by atoms with Gasteiger partial charge in [0.2, 0.25) is 0 Å². The van der Waals surface area contributed by atoms with Crippen molar-refractivity contribution < 1.29 is 20.1 Å². The fourth-order valence-corrected chi connectivity index (χ4v) is 3.39. The molecule has 10 heteroatoms. The first-order valence-corrected chi connectivity index (χ1v) is 10.4. The van der Waals surface area contributed by atoms with Crippen LogP contribution >= 0.6 is 0 Å². The number of nitrogens with one attached hydrogen (secondary N) is 1. The molecular weight excluding hydrogens is 388 g/mol. The number of anilines is 1. The zero-order valence-corrected chi connectivity index (χ0v) is 17.1. The second-order valence-electron chi connectivity index (χ2n) is 7.30. The molecule has 10 nitrogen and oxygen atoms in total. The Kier molecular flexibility index (Phi) is 8.26. The van der Waals surface area contributed by atoms with Crippen LogP contribution in [0.5, 0.6) is 0 Å². The number of aliphatic hydroxyl groups excluding tert-OH is 3. The molecule has 2 aromatic rings. The summed E-state index contributed by atoms with van der Waals surface area (Å²) in [7, 11) is 0. The van der Waals surface area contributed by atoms with Gasteiger partial charge in [0.1, 0.15) is 24.6 Å². The zero-order valence-electron chi connectivity index (χ0n) is 17.1. The summed E-state index contributed by atoms with van der Waals surface area (Å²) in [6.45, 7) is 1.81. The van der Waals surface area contributed by atoms with E-state index in [1.165, 1.54) is 49.3 Å². The molecule has 2 aromatic heterocycles. The third-order valence-electron chi connectivity index (χ3n) is 5.09. The Balaban J connectivity index is 1.59. The summed E-state index contributed by atoms with van der Waals surface area (Å²) >= 11 is 0. The summed E-state index contributed by atoms with van der Waals surface area (Å²) < 4.78 is 7.06. The van der Waals surface area contributed by atoms with Gasteiger partial charge in [0, 0.05) is 6.21 Å². The molecule has 0 aliphatic carbocycles. The van der Waals surface area contributed by atoms with Crippen molar-refractivity contribution in [1.82, 2.24) is 19.5 Å². The van der Waals surface area contributed by atoms with Crippen LogP contribution in [0, 0.1) is 0 Å². The van der Waals surface area contributed by atoms with Gasteiger partial charge in [-0.05, 0) is 18.9 Å². The number of hydrogen-bond acceptors (Lipinski definition) is 9. The molecule has 164 valence electrons. The number of imidazole rings is 1. The monoisotopic (exact) mass is 418 g/mol. The lowest BCUT2D eigenvalue weighted by molar-refractivity contribution is -0.0511. The first-order valence-electron chi connectivity index (χ1n) is 10.4. The lowest BCUT2D eigenvalue weighted by Gasteiger charge is -2.16. The van der Waals surface area contributed by atoms with Crippen LogP contribution in [-0.2, 0) is 4.74 Å². The van der Waals surface area contributed by atoms with Gasteiger partial charge in [-0.25, -0.2) is 15.0 Å². The van der Waals surface area contributed by atoms with Crippen LogP contribution in [0.25, 0.3) is 11.2 Å². The lowest BCUT2D eigenvalue weighted by atomic mass is 10.1. The van der Waals surface area contributed by atoms with Crippen molar-refractivity contribution in [3.63, 3.8) is 0 Å². The van der Waals surface area contributed by atoms with Gasteiger partial charge in [0.05, 0.1) is 12.9 Å². The molecule has 1 saturated heterocycles. The molecule has 4 atom stereocenters. The fraction of sp³-hybridized carbons (Fsp3) is 0.600. The van der Waals surface area contributed by atoms with Crippen molar-refractivity contribution >= 4 is 23.2 Å². The number of aliphatic hydroxyl groups is 3. The molecule has 2 unspecified atom stereocenters. The topological polar surface area (TPSA) is 138 Å². The summed E-state index contributed by atoms with van der Waals surface area (Å²) in [6.07, 6.45) is 11.6. The standard InChI is InChI=1S/C20H30N6O4/c1-2-3-4-5-6-7-8-9-10-24-25-18-15-19(22-12-21-18)26(13-23-15)20-17(29)16(28)14(11-27)30-20/h8-10,12-14,16-17,20,27-29H,2-7,11H2,1H3,(H,21,22,25)/b9-8+,24-10+/t14-,16?,17?,20-/m1/s1. The molecule has 4 N–H and O–H groups in total. The molecule has 0 spiro atoms. The highest BCUT2D eigenvalue weighted by molar-refractivity contribution is 5.83. The van der Waals surface area contributed by atoms with Crippen LogP contribution in [0.4, 0.5) is 5.82 Å². The minimum absolute atomic E-state index is 0.399. The quantitative estimate of drug-likeness (QED) is 0.246. The number of rotatable bonds is 11. The predicted molar refractivity (Wildman–Crippen MR) is 113 cm³/mol. The molecule has 1 fully saturated rings. The highest BCUT2D eigenvalue weighted by Crippen LogP contribution is 2.32. The number of hydrazone groups is 1. The van der Waals surface area contributed by atoms with Gasteiger partial charge in [0.15, 0.2) is 23.2 Å². The van der Waals surface area contributed by atoms with Crippen molar-refractivity contribution in [2.24, 2.45) is 5.10 Å². The molecule has 30 heavy (non-hydrogen) atoms. The Bertz CT molecular complexity index is 855. The molecule has 1 aliphatic heterocycles. The first kappa shape index (κ1) is 22.3. The minimum atomic E-state index is -1.21.